The molecule has 0 aromatic carbocycles. The van der Waals surface area contributed by atoms with Gasteiger partial charge in [0, 0.05) is 12.6 Å². The first-order valence-corrected chi connectivity index (χ1v) is 7.69. The quantitative estimate of drug-likeness (QED) is 0.577. The zero-order chi connectivity index (χ0) is 16.1. The molecule has 3 atom stereocenters. The van der Waals surface area contributed by atoms with E-state index in [0.29, 0.717) is 24.8 Å². The average Bonchev–Trinajstić information content (AvgIpc) is 2.53. The van der Waals surface area contributed by atoms with Crippen LogP contribution in [0.15, 0.2) is 11.6 Å². The molecule has 1 aliphatic heterocycles. The Morgan fingerprint density at radius 2 is 2.23 bits per heavy atom. The van der Waals surface area contributed by atoms with Crippen LogP contribution in [-0.4, -0.2) is 43.3 Å². The topological polar surface area (TPSA) is 79.6 Å². The Kier molecular flexibility index (Phi) is 5.42. The number of allylic oxidation sites excluding steroid dienone is 2. The van der Waals surface area contributed by atoms with Crippen molar-refractivity contribution in [3.8, 4) is 6.07 Å². The molecule has 1 saturated heterocycles. The molecule has 1 saturated carbocycles. The summed E-state index contributed by atoms with van der Waals surface area (Å²) in [6.45, 7) is 2.55. The summed E-state index contributed by atoms with van der Waals surface area (Å²) in [5, 5.41) is 8.80. The summed E-state index contributed by atoms with van der Waals surface area (Å²) in [5.41, 5.74) is 1.14. The predicted octanol–water partition coefficient (Wildman–Crippen LogP) is 2.26. The van der Waals surface area contributed by atoms with Gasteiger partial charge >= 0.3 is 12.1 Å². The molecule has 2 fully saturated rings. The van der Waals surface area contributed by atoms with Crippen molar-refractivity contribution in [3.05, 3.63) is 11.6 Å². The normalized spacial score (nSPS) is 29.4. The van der Waals surface area contributed by atoms with Gasteiger partial charge in [0.15, 0.2) is 0 Å². The summed E-state index contributed by atoms with van der Waals surface area (Å²) in [5.74, 6) is 0.284. The lowest BCUT2D eigenvalue weighted by atomic mass is 9.71. The Hall–Kier alpha value is -2.03. The van der Waals surface area contributed by atoms with Crippen LogP contribution >= 0.6 is 0 Å². The van der Waals surface area contributed by atoms with Crippen molar-refractivity contribution in [1.29, 1.82) is 5.26 Å². The number of methoxy groups -OCH3 is 1. The fourth-order valence-corrected chi connectivity index (χ4v) is 3.53. The zero-order valence-corrected chi connectivity index (χ0v) is 13.1. The Labute approximate surface area is 130 Å². The fraction of sp³-hybridized carbons (Fsp3) is 0.688. The fourth-order valence-electron chi connectivity index (χ4n) is 3.53. The van der Waals surface area contributed by atoms with Gasteiger partial charge in [0.05, 0.1) is 19.8 Å². The summed E-state index contributed by atoms with van der Waals surface area (Å²) in [6.07, 6.45) is 4.34. The molecule has 3 unspecified atom stereocenters. The number of ether oxygens (including phenoxy) is 2. The summed E-state index contributed by atoms with van der Waals surface area (Å²) < 4.78 is 9.92. The summed E-state index contributed by atoms with van der Waals surface area (Å²) >= 11 is 0. The first-order valence-electron chi connectivity index (χ1n) is 7.69. The standard InChI is InChI=1S/C16H22N2O4/c1-3-22-15(19)14-9-13-8-11(6-7-17)4-5-12(13)10-18(14)16(20)21-2/h6,12-14H,3-5,8-10H2,1-2H3/b11-6+. The molecule has 1 aliphatic carbocycles. The molecule has 2 aliphatic rings. The number of rotatable bonds is 2. The summed E-state index contributed by atoms with van der Waals surface area (Å²) in [4.78, 5) is 25.6. The molecule has 2 rings (SSSR count). The molecule has 0 N–H and O–H groups in total. The minimum absolute atomic E-state index is 0.290. The minimum atomic E-state index is -0.588. The van der Waals surface area contributed by atoms with E-state index in [2.05, 4.69) is 6.07 Å². The van der Waals surface area contributed by atoms with Gasteiger partial charge in [0.1, 0.15) is 6.04 Å². The van der Waals surface area contributed by atoms with Gasteiger partial charge in [0.25, 0.3) is 0 Å². The third kappa shape index (κ3) is 3.41. The van der Waals surface area contributed by atoms with Crippen LogP contribution in [0, 0.1) is 23.2 Å². The monoisotopic (exact) mass is 306 g/mol. The molecule has 1 heterocycles. The molecule has 6 heteroatoms. The molecule has 120 valence electrons. The molecular weight excluding hydrogens is 284 g/mol. The molecule has 0 spiro atoms. The maximum atomic E-state index is 12.2. The highest BCUT2D eigenvalue weighted by Crippen LogP contribution is 2.41. The van der Waals surface area contributed by atoms with E-state index in [1.54, 1.807) is 13.0 Å². The van der Waals surface area contributed by atoms with Crippen molar-refractivity contribution in [3.63, 3.8) is 0 Å². The Morgan fingerprint density at radius 1 is 1.45 bits per heavy atom. The van der Waals surface area contributed by atoms with Crippen LogP contribution in [0.25, 0.3) is 0 Å². The molecule has 6 nitrogen and oxygen atoms in total. The van der Waals surface area contributed by atoms with Crippen LogP contribution in [0.3, 0.4) is 0 Å². The van der Waals surface area contributed by atoms with Crippen LogP contribution in [-0.2, 0) is 14.3 Å². The number of piperidine rings is 1. The first kappa shape index (κ1) is 16.3. The van der Waals surface area contributed by atoms with Gasteiger partial charge in [0.2, 0.25) is 0 Å². The van der Waals surface area contributed by atoms with E-state index in [1.165, 1.54) is 12.0 Å². The largest absolute Gasteiger partial charge is 0.464 e. The van der Waals surface area contributed by atoms with Crippen molar-refractivity contribution in [2.75, 3.05) is 20.3 Å². The molecule has 1 amide bonds. The van der Waals surface area contributed by atoms with Gasteiger partial charge in [-0.2, -0.15) is 5.26 Å². The van der Waals surface area contributed by atoms with Crippen molar-refractivity contribution >= 4 is 12.1 Å². The average molecular weight is 306 g/mol. The van der Waals surface area contributed by atoms with E-state index in [-0.39, 0.29) is 12.6 Å². The van der Waals surface area contributed by atoms with E-state index in [4.69, 9.17) is 14.7 Å². The SMILES string of the molecule is CCOC(=O)C1CC2C/C(=C/C#N)CCC2CN1C(=O)OC. The maximum Gasteiger partial charge on any atom is 0.410 e. The van der Waals surface area contributed by atoms with Crippen molar-refractivity contribution in [2.45, 2.75) is 38.6 Å². The molecule has 22 heavy (non-hydrogen) atoms. The van der Waals surface area contributed by atoms with Gasteiger partial charge in [-0.25, -0.2) is 9.59 Å². The molecule has 0 aromatic rings. The number of nitriles is 1. The lowest BCUT2D eigenvalue weighted by Crippen LogP contribution is -2.54. The lowest BCUT2D eigenvalue weighted by Gasteiger charge is -2.44. The molecule has 0 aromatic heterocycles. The van der Waals surface area contributed by atoms with E-state index >= 15 is 0 Å². The second-order valence-electron chi connectivity index (χ2n) is 5.82. The first-order chi connectivity index (χ1) is 10.6. The highest BCUT2D eigenvalue weighted by atomic mass is 16.6. The van der Waals surface area contributed by atoms with Crippen LogP contribution in [0.4, 0.5) is 4.79 Å². The summed E-state index contributed by atoms with van der Waals surface area (Å²) in [7, 11) is 1.32. The number of hydrogen-bond donors (Lipinski definition) is 0. The van der Waals surface area contributed by atoms with Gasteiger partial charge in [-0.15, -0.1) is 0 Å². The third-order valence-corrected chi connectivity index (χ3v) is 4.60. The van der Waals surface area contributed by atoms with Gasteiger partial charge in [-0.3, -0.25) is 4.90 Å². The van der Waals surface area contributed by atoms with Gasteiger partial charge in [-0.05, 0) is 44.4 Å². The Balaban J connectivity index is 2.16. The highest BCUT2D eigenvalue weighted by molar-refractivity contribution is 5.81. The minimum Gasteiger partial charge on any atom is -0.464 e. The number of carbonyl (C=O) groups is 2. The maximum absolute atomic E-state index is 12.2. The smallest absolute Gasteiger partial charge is 0.410 e. The summed E-state index contributed by atoms with van der Waals surface area (Å²) in [6, 6.07) is 1.50. The number of fused-ring (bicyclic) bond motifs is 1. The molecule has 0 radical (unpaired) electrons. The Bertz CT molecular complexity index is 509. The number of amides is 1. The Morgan fingerprint density at radius 3 is 2.86 bits per heavy atom. The van der Waals surface area contributed by atoms with E-state index in [0.717, 1.165) is 24.8 Å². The van der Waals surface area contributed by atoms with E-state index in [1.807, 2.05) is 0 Å². The van der Waals surface area contributed by atoms with Crippen molar-refractivity contribution in [2.24, 2.45) is 11.8 Å². The number of hydrogen-bond acceptors (Lipinski definition) is 5. The second kappa shape index (κ2) is 7.30. The predicted molar refractivity (Wildman–Crippen MR) is 78.7 cm³/mol. The second-order valence-corrected chi connectivity index (χ2v) is 5.82. The molecule has 0 bridgehead atoms. The lowest BCUT2D eigenvalue weighted by molar-refractivity contribution is -0.152. The number of likely N-dealkylation sites (tertiary alicyclic amines) is 1. The van der Waals surface area contributed by atoms with Crippen LogP contribution in [0.2, 0.25) is 0 Å². The third-order valence-electron chi connectivity index (χ3n) is 4.60. The molecular formula is C16H22N2O4. The van der Waals surface area contributed by atoms with Gasteiger partial charge in [-0.1, -0.05) is 5.57 Å². The van der Waals surface area contributed by atoms with Crippen molar-refractivity contribution < 1.29 is 19.1 Å². The van der Waals surface area contributed by atoms with Crippen LogP contribution < -0.4 is 0 Å². The highest BCUT2D eigenvalue weighted by Gasteiger charge is 2.43. The number of esters is 1. The van der Waals surface area contributed by atoms with E-state index < -0.39 is 12.1 Å². The zero-order valence-electron chi connectivity index (χ0n) is 13.1. The van der Waals surface area contributed by atoms with Crippen LogP contribution in [0.5, 0.6) is 0 Å². The van der Waals surface area contributed by atoms with Crippen LogP contribution in [0.1, 0.15) is 32.6 Å². The van der Waals surface area contributed by atoms with Gasteiger partial charge < -0.3 is 9.47 Å². The van der Waals surface area contributed by atoms with Crippen molar-refractivity contribution in [1.82, 2.24) is 4.90 Å². The number of nitrogens with zero attached hydrogens (tertiary/aromatic N) is 2. The number of carbonyl (C=O) groups excluding carboxylic acids is 2. The van der Waals surface area contributed by atoms with E-state index in [9.17, 15) is 9.59 Å².